The van der Waals surface area contributed by atoms with E-state index in [0.717, 1.165) is 5.56 Å². The summed E-state index contributed by atoms with van der Waals surface area (Å²) in [6, 6.07) is 10.4. The minimum absolute atomic E-state index is 0.280. The number of alkyl halides is 1. The zero-order valence-corrected chi connectivity index (χ0v) is 10.1. The zero-order chi connectivity index (χ0) is 13.1. The molecule has 0 saturated heterocycles. The highest BCUT2D eigenvalue weighted by atomic mass is 35.5. The second-order valence-corrected chi connectivity index (χ2v) is 4.47. The van der Waals surface area contributed by atoms with E-state index < -0.39 is 22.8 Å². The molecular formula is C14H10ClF3. The van der Waals surface area contributed by atoms with Crippen molar-refractivity contribution in [1.82, 2.24) is 0 Å². The first-order valence-electron chi connectivity index (χ1n) is 5.40. The quantitative estimate of drug-likeness (QED) is 0.714. The maximum Gasteiger partial charge on any atom is 0.133 e. The van der Waals surface area contributed by atoms with Crippen LogP contribution in [0, 0.1) is 17.5 Å². The van der Waals surface area contributed by atoms with Gasteiger partial charge in [0.2, 0.25) is 0 Å². The van der Waals surface area contributed by atoms with E-state index in [1.165, 1.54) is 0 Å². The molecule has 0 amide bonds. The van der Waals surface area contributed by atoms with Crippen LogP contribution in [0.1, 0.15) is 16.5 Å². The van der Waals surface area contributed by atoms with Gasteiger partial charge in [0.15, 0.2) is 0 Å². The van der Waals surface area contributed by atoms with Gasteiger partial charge >= 0.3 is 0 Å². The highest BCUT2D eigenvalue weighted by molar-refractivity contribution is 6.21. The Labute approximate surface area is 108 Å². The van der Waals surface area contributed by atoms with Crippen LogP contribution in [0.25, 0.3) is 0 Å². The molecule has 2 rings (SSSR count). The number of hydrogen-bond donors (Lipinski definition) is 0. The molecule has 0 N–H and O–H groups in total. The third-order valence-electron chi connectivity index (χ3n) is 2.61. The third-order valence-corrected chi connectivity index (χ3v) is 2.99. The third kappa shape index (κ3) is 2.85. The van der Waals surface area contributed by atoms with Crippen molar-refractivity contribution in [3.63, 3.8) is 0 Å². The van der Waals surface area contributed by atoms with Crippen molar-refractivity contribution < 1.29 is 13.2 Å². The number of rotatable bonds is 3. The summed E-state index contributed by atoms with van der Waals surface area (Å²) in [4.78, 5) is 0. The fourth-order valence-electron chi connectivity index (χ4n) is 1.78. The molecule has 0 aliphatic carbocycles. The Morgan fingerprint density at radius 3 is 2.06 bits per heavy atom. The molecule has 0 aliphatic rings. The van der Waals surface area contributed by atoms with Gasteiger partial charge in [0.1, 0.15) is 17.5 Å². The van der Waals surface area contributed by atoms with Crippen molar-refractivity contribution in [2.24, 2.45) is 0 Å². The van der Waals surface area contributed by atoms with Crippen molar-refractivity contribution in [3.05, 3.63) is 71.0 Å². The summed E-state index contributed by atoms with van der Waals surface area (Å²) < 4.78 is 39.8. The van der Waals surface area contributed by atoms with E-state index in [1.807, 2.05) is 30.3 Å². The Hall–Kier alpha value is -1.48. The van der Waals surface area contributed by atoms with E-state index in [9.17, 15) is 13.2 Å². The highest BCUT2D eigenvalue weighted by Crippen LogP contribution is 2.30. The van der Waals surface area contributed by atoms with E-state index in [2.05, 4.69) is 0 Å². The zero-order valence-electron chi connectivity index (χ0n) is 9.34. The van der Waals surface area contributed by atoms with Crippen molar-refractivity contribution in [3.8, 4) is 0 Å². The van der Waals surface area contributed by atoms with Crippen molar-refractivity contribution in [2.75, 3.05) is 0 Å². The molecule has 0 fully saturated rings. The predicted octanol–water partition coefficient (Wildman–Crippen LogP) is 4.63. The van der Waals surface area contributed by atoms with Gasteiger partial charge in [0, 0.05) is 17.7 Å². The molecule has 0 spiro atoms. The molecule has 1 unspecified atom stereocenters. The minimum atomic E-state index is -0.955. The van der Waals surface area contributed by atoms with E-state index in [1.54, 1.807) is 0 Å². The van der Waals surface area contributed by atoms with E-state index in [4.69, 9.17) is 11.6 Å². The summed E-state index contributed by atoms with van der Waals surface area (Å²) in [5.41, 5.74) is 0.572. The van der Waals surface area contributed by atoms with Gasteiger partial charge in [-0.25, -0.2) is 13.2 Å². The largest absolute Gasteiger partial charge is 0.207 e. The summed E-state index contributed by atoms with van der Waals surface area (Å²) in [6.07, 6.45) is 0.280. The smallest absolute Gasteiger partial charge is 0.133 e. The molecular weight excluding hydrogens is 261 g/mol. The maximum absolute atomic E-state index is 13.5. The first-order valence-corrected chi connectivity index (χ1v) is 5.84. The Morgan fingerprint density at radius 1 is 0.944 bits per heavy atom. The van der Waals surface area contributed by atoms with E-state index >= 15 is 0 Å². The second-order valence-electron chi connectivity index (χ2n) is 3.94. The van der Waals surface area contributed by atoms with Gasteiger partial charge in [-0.15, -0.1) is 11.6 Å². The van der Waals surface area contributed by atoms with Gasteiger partial charge in [0.05, 0.1) is 5.38 Å². The molecule has 0 heterocycles. The van der Waals surface area contributed by atoms with Crippen molar-refractivity contribution >= 4 is 11.6 Å². The lowest BCUT2D eigenvalue weighted by molar-refractivity contribution is 0.520. The van der Waals surface area contributed by atoms with Crippen molar-refractivity contribution in [1.29, 1.82) is 0 Å². The average molecular weight is 271 g/mol. The van der Waals surface area contributed by atoms with Gasteiger partial charge in [-0.05, 0) is 12.0 Å². The summed E-state index contributed by atoms with van der Waals surface area (Å²) >= 11 is 6.00. The van der Waals surface area contributed by atoms with Crippen molar-refractivity contribution in [2.45, 2.75) is 11.8 Å². The fourth-order valence-corrected chi connectivity index (χ4v) is 2.16. The lowest BCUT2D eigenvalue weighted by atomic mass is 10.0. The Kier molecular flexibility index (Phi) is 3.92. The normalized spacial score (nSPS) is 12.4. The van der Waals surface area contributed by atoms with E-state index in [-0.39, 0.29) is 12.0 Å². The highest BCUT2D eigenvalue weighted by Gasteiger charge is 2.19. The number of halogens is 4. The lowest BCUT2D eigenvalue weighted by Gasteiger charge is -2.12. The molecule has 0 nitrogen and oxygen atoms in total. The molecule has 1 atom stereocenters. The molecule has 0 aliphatic heterocycles. The SMILES string of the molecule is Fc1cc(F)c(C(Cl)Cc2ccccc2)c(F)c1. The van der Waals surface area contributed by atoms with Crippen LogP contribution in [0.4, 0.5) is 13.2 Å². The van der Waals surface area contributed by atoms with Crippen LogP contribution < -0.4 is 0 Å². The molecule has 2 aromatic rings. The molecule has 2 aromatic carbocycles. The van der Waals surface area contributed by atoms with Gasteiger partial charge in [-0.1, -0.05) is 30.3 Å². The Morgan fingerprint density at radius 2 is 1.50 bits per heavy atom. The molecule has 0 saturated carbocycles. The van der Waals surface area contributed by atoms with E-state index in [0.29, 0.717) is 12.1 Å². The Balaban J connectivity index is 2.27. The summed E-state index contributed by atoms with van der Waals surface area (Å²) in [6.45, 7) is 0. The minimum Gasteiger partial charge on any atom is -0.207 e. The topological polar surface area (TPSA) is 0 Å². The van der Waals surface area contributed by atoms with Gasteiger partial charge in [0.25, 0.3) is 0 Å². The van der Waals surface area contributed by atoms with Crippen LogP contribution in [-0.4, -0.2) is 0 Å². The lowest BCUT2D eigenvalue weighted by Crippen LogP contribution is -2.03. The summed E-state index contributed by atoms with van der Waals surface area (Å²) in [5.74, 6) is -2.86. The molecule has 0 bridgehead atoms. The maximum atomic E-state index is 13.5. The standard InChI is InChI=1S/C14H10ClF3/c15-11(6-9-4-2-1-3-5-9)14-12(17)7-10(16)8-13(14)18/h1-5,7-8,11H,6H2. The fraction of sp³-hybridized carbons (Fsp3) is 0.143. The van der Waals surface area contributed by atoms with Gasteiger partial charge < -0.3 is 0 Å². The average Bonchev–Trinajstić information content (AvgIpc) is 2.28. The van der Waals surface area contributed by atoms with Crippen LogP contribution in [0.3, 0.4) is 0 Å². The van der Waals surface area contributed by atoms with Crippen LogP contribution in [0.15, 0.2) is 42.5 Å². The molecule has 0 aromatic heterocycles. The second kappa shape index (κ2) is 5.44. The van der Waals surface area contributed by atoms with Crippen LogP contribution >= 0.6 is 11.6 Å². The monoisotopic (exact) mass is 270 g/mol. The summed E-state index contributed by atoms with van der Waals surface area (Å²) in [7, 11) is 0. The summed E-state index contributed by atoms with van der Waals surface area (Å²) in [5, 5.41) is -0.868. The molecule has 18 heavy (non-hydrogen) atoms. The van der Waals surface area contributed by atoms with Gasteiger partial charge in [-0.2, -0.15) is 0 Å². The van der Waals surface area contributed by atoms with Crippen LogP contribution in [-0.2, 0) is 6.42 Å². The predicted molar refractivity (Wildman–Crippen MR) is 65.1 cm³/mol. The number of benzene rings is 2. The molecule has 4 heteroatoms. The molecule has 0 radical (unpaired) electrons. The molecule has 94 valence electrons. The van der Waals surface area contributed by atoms with Gasteiger partial charge in [-0.3, -0.25) is 0 Å². The Bertz CT molecular complexity index is 517. The van der Waals surface area contributed by atoms with Crippen LogP contribution in [0.2, 0.25) is 0 Å². The number of hydrogen-bond acceptors (Lipinski definition) is 0. The first kappa shape index (κ1) is 13.0. The van der Waals surface area contributed by atoms with Crippen LogP contribution in [0.5, 0.6) is 0 Å². The first-order chi connectivity index (χ1) is 8.58.